The minimum absolute atomic E-state index is 0.0321. The summed E-state index contributed by atoms with van der Waals surface area (Å²) < 4.78 is 5.81. The van der Waals surface area contributed by atoms with Crippen LogP contribution in [-0.4, -0.2) is 46.6 Å². The highest BCUT2D eigenvalue weighted by Crippen LogP contribution is 2.23. The molecule has 9 heteroatoms. The monoisotopic (exact) mass is 399 g/mol. The van der Waals surface area contributed by atoms with E-state index >= 15 is 0 Å². The van der Waals surface area contributed by atoms with Crippen LogP contribution in [-0.2, 0) is 0 Å². The summed E-state index contributed by atoms with van der Waals surface area (Å²) in [6, 6.07) is 5.69. The van der Waals surface area contributed by atoms with Crippen LogP contribution in [0.5, 0.6) is 6.01 Å². The van der Waals surface area contributed by atoms with Gasteiger partial charge in [0.15, 0.2) is 0 Å². The Labute approximate surface area is 170 Å². The molecular formula is C20H29N7O2. The summed E-state index contributed by atoms with van der Waals surface area (Å²) in [5.41, 5.74) is 7.41. The van der Waals surface area contributed by atoms with Gasteiger partial charge in [-0.1, -0.05) is 26.8 Å². The first kappa shape index (κ1) is 20.8. The van der Waals surface area contributed by atoms with E-state index in [1.807, 2.05) is 13.0 Å². The molecule has 156 valence electrons. The van der Waals surface area contributed by atoms with E-state index in [4.69, 9.17) is 10.5 Å². The van der Waals surface area contributed by atoms with Gasteiger partial charge in [-0.25, -0.2) is 0 Å². The van der Waals surface area contributed by atoms with E-state index in [-0.39, 0.29) is 17.5 Å². The topological polar surface area (TPSA) is 127 Å². The summed E-state index contributed by atoms with van der Waals surface area (Å²) in [6.45, 7) is 10.4. The number of aromatic nitrogens is 3. The Morgan fingerprint density at radius 3 is 2.69 bits per heavy atom. The highest BCUT2D eigenvalue weighted by molar-refractivity contribution is 5.94. The first-order valence-corrected chi connectivity index (χ1v) is 9.73. The highest BCUT2D eigenvalue weighted by Gasteiger charge is 2.18. The molecule has 1 atom stereocenters. The molecule has 5 N–H and O–H groups in total. The fourth-order valence-electron chi connectivity index (χ4n) is 2.81. The largest absolute Gasteiger partial charge is 0.463 e. The molecule has 9 nitrogen and oxygen atoms in total. The molecule has 1 aromatic carbocycles. The Bertz CT molecular complexity index is 874. The standard InChI is InChI=1S/C20H29N7O2/c1-12-5-6-13(16(21)28)9-15(12)24-18-25-17(23-14-7-8-22-10-14)26-19(27-18)29-11-20(2,3)4/h5-6,9,14,22H,7-8,10-11H2,1-4H3,(H2,21,28)(H2,23,24,25,26,27)/t14-/m0/s1. The molecule has 1 fully saturated rings. The van der Waals surface area contributed by atoms with Crippen molar-refractivity contribution >= 4 is 23.5 Å². The zero-order chi connectivity index (χ0) is 21.0. The van der Waals surface area contributed by atoms with Gasteiger partial charge in [0.2, 0.25) is 17.8 Å². The number of primary amides is 1. The fourth-order valence-corrected chi connectivity index (χ4v) is 2.81. The molecule has 1 aromatic heterocycles. The third-order valence-corrected chi connectivity index (χ3v) is 4.41. The van der Waals surface area contributed by atoms with E-state index in [0.29, 0.717) is 29.8 Å². The van der Waals surface area contributed by atoms with Crippen LogP contribution >= 0.6 is 0 Å². The predicted molar refractivity (Wildman–Crippen MR) is 113 cm³/mol. The van der Waals surface area contributed by atoms with Gasteiger partial charge < -0.3 is 26.4 Å². The van der Waals surface area contributed by atoms with Gasteiger partial charge in [0.25, 0.3) is 0 Å². The number of hydrogen-bond donors (Lipinski definition) is 4. The van der Waals surface area contributed by atoms with Crippen LogP contribution in [0.25, 0.3) is 0 Å². The lowest BCUT2D eigenvalue weighted by atomic mass is 9.99. The van der Waals surface area contributed by atoms with Crippen molar-refractivity contribution in [1.29, 1.82) is 0 Å². The van der Waals surface area contributed by atoms with Crippen molar-refractivity contribution in [2.45, 2.75) is 40.2 Å². The summed E-state index contributed by atoms with van der Waals surface area (Å²) >= 11 is 0. The number of hydrogen-bond acceptors (Lipinski definition) is 8. The molecule has 29 heavy (non-hydrogen) atoms. The smallest absolute Gasteiger partial charge is 0.323 e. The average Bonchev–Trinajstić information content (AvgIpc) is 3.14. The number of carbonyl (C=O) groups is 1. The molecule has 1 aliphatic rings. The lowest BCUT2D eigenvalue weighted by molar-refractivity contribution is 0.100. The molecule has 0 saturated carbocycles. The van der Waals surface area contributed by atoms with Crippen LogP contribution < -0.4 is 26.4 Å². The van der Waals surface area contributed by atoms with Crippen molar-refractivity contribution in [1.82, 2.24) is 20.3 Å². The molecule has 1 amide bonds. The van der Waals surface area contributed by atoms with Gasteiger partial charge in [-0.15, -0.1) is 0 Å². The second-order valence-electron chi connectivity index (χ2n) is 8.47. The van der Waals surface area contributed by atoms with Crippen molar-refractivity contribution in [2.75, 3.05) is 30.3 Å². The molecule has 0 spiro atoms. The van der Waals surface area contributed by atoms with E-state index < -0.39 is 5.91 Å². The van der Waals surface area contributed by atoms with Crippen molar-refractivity contribution < 1.29 is 9.53 Å². The molecular weight excluding hydrogens is 370 g/mol. The zero-order valence-electron chi connectivity index (χ0n) is 17.4. The van der Waals surface area contributed by atoms with Crippen molar-refractivity contribution in [3.63, 3.8) is 0 Å². The number of ether oxygens (including phenoxy) is 1. The Morgan fingerprint density at radius 2 is 2.03 bits per heavy atom. The van der Waals surface area contributed by atoms with Gasteiger partial charge in [-0.2, -0.15) is 15.0 Å². The number of aryl methyl sites for hydroxylation is 1. The van der Waals surface area contributed by atoms with Crippen LogP contribution in [0.1, 0.15) is 43.1 Å². The number of amides is 1. The van der Waals surface area contributed by atoms with Crippen LogP contribution in [0.2, 0.25) is 0 Å². The Balaban J connectivity index is 1.87. The number of rotatable bonds is 7. The number of nitrogens with one attached hydrogen (secondary N) is 3. The third kappa shape index (κ3) is 6.02. The average molecular weight is 399 g/mol. The molecule has 0 radical (unpaired) electrons. The Morgan fingerprint density at radius 1 is 1.28 bits per heavy atom. The summed E-state index contributed by atoms with van der Waals surface area (Å²) in [6.07, 6.45) is 0.992. The lowest BCUT2D eigenvalue weighted by Crippen LogP contribution is -2.24. The van der Waals surface area contributed by atoms with Gasteiger partial charge in [0.1, 0.15) is 0 Å². The SMILES string of the molecule is Cc1ccc(C(N)=O)cc1Nc1nc(N[C@H]2CCNC2)nc(OCC(C)(C)C)n1. The molecule has 0 unspecified atom stereocenters. The van der Waals surface area contributed by atoms with E-state index in [9.17, 15) is 4.79 Å². The van der Waals surface area contributed by atoms with Gasteiger partial charge in [-0.3, -0.25) is 4.79 Å². The third-order valence-electron chi connectivity index (χ3n) is 4.41. The maximum atomic E-state index is 11.5. The Kier molecular flexibility index (Phi) is 6.17. The quantitative estimate of drug-likeness (QED) is 0.558. The van der Waals surface area contributed by atoms with Crippen LogP contribution in [0.3, 0.4) is 0 Å². The maximum absolute atomic E-state index is 11.5. The number of nitrogens with two attached hydrogens (primary N) is 1. The maximum Gasteiger partial charge on any atom is 0.323 e. The number of benzene rings is 1. The fraction of sp³-hybridized carbons (Fsp3) is 0.500. The van der Waals surface area contributed by atoms with E-state index in [1.54, 1.807) is 12.1 Å². The number of nitrogens with zero attached hydrogens (tertiary/aromatic N) is 3. The molecule has 1 aliphatic heterocycles. The molecule has 0 bridgehead atoms. The summed E-state index contributed by atoms with van der Waals surface area (Å²) in [5.74, 6) is 0.292. The summed E-state index contributed by atoms with van der Waals surface area (Å²) in [5, 5.41) is 9.80. The minimum atomic E-state index is -0.492. The molecule has 2 heterocycles. The second-order valence-corrected chi connectivity index (χ2v) is 8.47. The molecule has 2 aromatic rings. The summed E-state index contributed by atoms with van der Waals surface area (Å²) in [7, 11) is 0. The molecule has 3 rings (SSSR count). The van der Waals surface area contributed by atoms with Crippen molar-refractivity contribution in [3.05, 3.63) is 29.3 Å². The number of carbonyl (C=O) groups excluding carboxylic acids is 1. The molecule has 0 aliphatic carbocycles. The van der Waals surface area contributed by atoms with Crippen molar-refractivity contribution in [2.24, 2.45) is 11.1 Å². The summed E-state index contributed by atoms with van der Waals surface area (Å²) in [4.78, 5) is 24.8. The van der Waals surface area contributed by atoms with Gasteiger partial charge in [0.05, 0.1) is 6.61 Å². The first-order valence-electron chi connectivity index (χ1n) is 9.73. The minimum Gasteiger partial charge on any atom is -0.463 e. The van der Waals surface area contributed by atoms with E-state index in [0.717, 1.165) is 25.1 Å². The van der Waals surface area contributed by atoms with E-state index in [2.05, 4.69) is 51.7 Å². The predicted octanol–water partition coefficient (Wildman–Crippen LogP) is 2.22. The number of anilines is 3. The second kappa shape index (κ2) is 8.60. The van der Waals surface area contributed by atoms with Gasteiger partial charge >= 0.3 is 6.01 Å². The van der Waals surface area contributed by atoms with E-state index in [1.165, 1.54) is 0 Å². The zero-order valence-corrected chi connectivity index (χ0v) is 17.4. The van der Waals surface area contributed by atoms with Crippen molar-refractivity contribution in [3.8, 4) is 6.01 Å². The van der Waals surface area contributed by atoms with Crippen LogP contribution in [0.15, 0.2) is 18.2 Å². The Hall–Kier alpha value is -2.94. The lowest BCUT2D eigenvalue weighted by Gasteiger charge is -2.19. The molecule has 1 saturated heterocycles. The normalized spacial score (nSPS) is 16.5. The highest BCUT2D eigenvalue weighted by atomic mass is 16.5. The van der Waals surface area contributed by atoms with Gasteiger partial charge in [0, 0.05) is 23.8 Å². The van der Waals surface area contributed by atoms with Crippen LogP contribution in [0, 0.1) is 12.3 Å². The van der Waals surface area contributed by atoms with Crippen LogP contribution in [0.4, 0.5) is 17.6 Å². The van der Waals surface area contributed by atoms with Gasteiger partial charge in [-0.05, 0) is 43.0 Å². The first-order chi connectivity index (χ1) is 13.7.